The molecule has 2 rings (SSSR count). The third-order valence-electron chi connectivity index (χ3n) is 4.15. The molecule has 3 unspecified atom stereocenters. The van der Waals surface area contributed by atoms with Gasteiger partial charge in [-0.25, -0.2) is 4.39 Å². The molecule has 1 fully saturated rings. The molecule has 1 heterocycles. The van der Waals surface area contributed by atoms with Crippen LogP contribution in [0, 0.1) is 5.82 Å². The van der Waals surface area contributed by atoms with Crippen LogP contribution in [0.25, 0.3) is 0 Å². The number of phenols is 1. The molecule has 0 amide bonds. The highest BCUT2D eigenvalue weighted by Crippen LogP contribution is 2.26. The Morgan fingerprint density at radius 3 is 2.84 bits per heavy atom. The van der Waals surface area contributed by atoms with Crippen LogP contribution in [0.4, 0.5) is 4.39 Å². The molecule has 106 valence electrons. The first-order valence-electron chi connectivity index (χ1n) is 6.92. The van der Waals surface area contributed by atoms with Crippen molar-refractivity contribution in [1.82, 2.24) is 10.2 Å². The third-order valence-corrected chi connectivity index (χ3v) is 4.15. The summed E-state index contributed by atoms with van der Waals surface area (Å²) < 4.78 is 13.0. The number of nitrogens with one attached hydrogen (secondary N) is 1. The van der Waals surface area contributed by atoms with Gasteiger partial charge >= 0.3 is 0 Å². The van der Waals surface area contributed by atoms with E-state index in [1.807, 2.05) is 6.92 Å². The Bertz CT molecular complexity index is 438. The van der Waals surface area contributed by atoms with Crippen LogP contribution in [-0.4, -0.2) is 35.7 Å². The van der Waals surface area contributed by atoms with Crippen molar-refractivity contribution in [2.45, 2.75) is 44.8 Å². The van der Waals surface area contributed by atoms with Gasteiger partial charge in [-0.3, -0.25) is 0 Å². The van der Waals surface area contributed by atoms with Crippen molar-refractivity contribution in [2.24, 2.45) is 0 Å². The molecule has 0 spiro atoms. The first-order chi connectivity index (χ1) is 8.97. The highest BCUT2D eigenvalue weighted by molar-refractivity contribution is 5.34. The van der Waals surface area contributed by atoms with Gasteiger partial charge in [-0.2, -0.15) is 0 Å². The zero-order chi connectivity index (χ0) is 14.0. The summed E-state index contributed by atoms with van der Waals surface area (Å²) in [4.78, 5) is 2.36. The maximum absolute atomic E-state index is 13.0. The van der Waals surface area contributed by atoms with Gasteiger partial charge in [0.25, 0.3) is 0 Å². The number of halogens is 1. The molecule has 2 N–H and O–H groups in total. The van der Waals surface area contributed by atoms with Crippen LogP contribution in [-0.2, 0) is 0 Å². The molecule has 19 heavy (non-hydrogen) atoms. The minimum Gasteiger partial charge on any atom is -0.508 e. The summed E-state index contributed by atoms with van der Waals surface area (Å²) in [5.74, 6) is -0.373. The summed E-state index contributed by atoms with van der Waals surface area (Å²) in [5.41, 5.74) is 0.757. The average Bonchev–Trinajstić information content (AvgIpc) is 2.33. The van der Waals surface area contributed by atoms with Gasteiger partial charge in [0.15, 0.2) is 0 Å². The lowest BCUT2D eigenvalue weighted by atomic mass is 9.97. The number of nitrogens with zero attached hydrogens (tertiary/aromatic N) is 1. The maximum atomic E-state index is 13.0. The van der Waals surface area contributed by atoms with E-state index in [-0.39, 0.29) is 11.8 Å². The molecule has 1 aromatic carbocycles. The first kappa shape index (κ1) is 14.3. The summed E-state index contributed by atoms with van der Waals surface area (Å²) in [5, 5.41) is 13.3. The predicted octanol–water partition coefficient (Wildman–Crippen LogP) is 2.66. The summed E-state index contributed by atoms with van der Waals surface area (Å²) >= 11 is 0. The number of hydrogen-bond donors (Lipinski definition) is 2. The number of hydrogen-bond acceptors (Lipinski definition) is 3. The van der Waals surface area contributed by atoms with Crippen molar-refractivity contribution in [3.05, 3.63) is 29.6 Å². The van der Waals surface area contributed by atoms with Gasteiger partial charge in [-0.1, -0.05) is 6.07 Å². The van der Waals surface area contributed by atoms with Gasteiger partial charge in [0, 0.05) is 29.8 Å². The minimum atomic E-state index is -0.402. The Morgan fingerprint density at radius 1 is 1.47 bits per heavy atom. The Labute approximate surface area is 114 Å². The van der Waals surface area contributed by atoms with E-state index in [9.17, 15) is 9.50 Å². The molecule has 3 atom stereocenters. The molecule has 1 saturated heterocycles. The highest BCUT2D eigenvalue weighted by atomic mass is 19.1. The Kier molecular flexibility index (Phi) is 4.42. The van der Waals surface area contributed by atoms with Crippen molar-refractivity contribution in [2.75, 3.05) is 13.6 Å². The predicted molar refractivity (Wildman–Crippen MR) is 74.7 cm³/mol. The van der Waals surface area contributed by atoms with Crippen LogP contribution in [0.3, 0.4) is 0 Å². The van der Waals surface area contributed by atoms with Crippen LogP contribution in [0.1, 0.15) is 38.3 Å². The van der Waals surface area contributed by atoms with Crippen LogP contribution < -0.4 is 5.32 Å². The average molecular weight is 266 g/mol. The van der Waals surface area contributed by atoms with E-state index in [1.165, 1.54) is 12.1 Å². The molecule has 1 aliphatic heterocycles. The van der Waals surface area contributed by atoms with E-state index in [4.69, 9.17) is 0 Å². The van der Waals surface area contributed by atoms with Crippen molar-refractivity contribution in [3.8, 4) is 5.75 Å². The van der Waals surface area contributed by atoms with Crippen LogP contribution >= 0.6 is 0 Å². The maximum Gasteiger partial charge on any atom is 0.126 e. The van der Waals surface area contributed by atoms with E-state index < -0.39 is 5.82 Å². The van der Waals surface area contributed by atoms with Gasteiger partial charge in [0.05, 0.1) is 0 Å². The van der Waals surface area contributed by atoms with Crippen molar-refractivity contribution in [1.29, 1.82) is 0 Å². The number of piperidine rings is 1. The SMILES string of the molecule is CC(NC1CCN(C)C(C)C1)c1ccc(F)cc1O. The number of benzene rings is 1. The lowest BCUT2D eigenvalue weighted by Crippen LogP contribution is -2.46. The Hall–Kier alpha value is -1.13. The van der Waals surface area contributed by atoms with E-state index in [0.29, 0.717) is 12.1 Å². The summed E-state index contributed by atoms with van der Waals surface area (Å²) in [7, 11) is 2.15. The molecule has 3 nitrogen and oxygen atoms in total. The monoisotopic (exact) mass is 266 g/mol. The smallest absolute Gasteiger partial charge is 0.126 e. The van der Waals surface area contributed by atoms with Gasteiger partial charge in [0.2, 0.25) is 0 Å². The molecule has 1 aromatic rings. The fourth-order valence-electron chi connectivity index (χ4n) is 2.77. The second-order valence-corrected chi connectivity index (χ2v) is 5.64. The molecule has 4 heteroatoms. The van der Waals surface area contributed by atoms with Crippen LogP contribution in [0.2, 0.25) is 0 Å². The molecule has 1 aliphatic rings. The highest BCUT2D eigenvalue weighted by Gasteiger charge is 2.24. The van der Waals surface area contributed by atoms with Crippen LogP contribution in [0.15, 0.2) is 18.2 Å². The Morgan fingerprint density at radius 2 is 2.21 bits per heavy atom. The molecule has 0 saturated carbocycles. The molecule has 0 radical (unpaired) electrons. The number of aromatic hydroxyl groups is 1. The zero-order valence-electron chi connectivity index (χ0n) is 11.9. The van der Waals surface area contributed by atoms with Gasteiger partial charge in [-0.05, 0) is 46.3 Å². The van der Waals surface area contributed by atoms with Gasteiger partial charge in [0.1, 0.15) is 11.6 Å². The lowest BCUT2D eigenvalue weighted by Gasteiger charge is -2.36. The minimum absolute atomic E-state index is 0.0287. The van der Waals surface area contributed by atoms with Gasteiger partial charge < -0.3 is 15.3 Å². The van der Waals surface area contributed by atoms with E-state index >= 15 is 0 Å². The fraction of sp³-hybridized carbons (Fsp3) is 0.600. The van der Waals surface area contributed by atoms with Crippen molar-refractivity contribution in [3.63, 3.8) is 0 Å². The summed E-state index contributed by atoms with van der Waals surface area (Å²) in [6.07, 6.45) is 2.20. The van der Waals surface area contributed by atoms with E-state index in [0.717, 1.165) is 24.9 Å². The fourth-order valence-corrected chi connectivity index (χ4v) is 2.77. The molecule has 0 aliphatic carbocycles. The largest absolute Gasteiger partial charge is 0.508 e. The van der Waals surface area contributed by atoms with Crippen molar-refractivity contribution >= 4 is 0 Å². The Balaban J connectivity index is 1.99. The first-order valence-corrected chi connectivity index (χ1v) is 6.92. The second kappa shape index (κ2) is 5.88. The summed E-state index contributed by atoms with van der Waals surface area (Å²) in [6.45, 7) is 5.32. The molecular formula is C15H23FN2O. The normalized spacial score (nSPS) is 26.3. The molecular weight excluding hydrogens is 243 g/mol. The zero-order valence-corrected chi connectivity index (χ0v) is 11.9. The van der Waals surface area contributed by atoms with E-state index in [1.54, 1.807) is 6.07 Å². The second-order valence-electron chi connectivity index (χ2n) is 5.64. The number of likely N-dealkylation sites (tertiary alicyclic amines) is 1. The third kappa shape index (κ3) is 3.45. The van der Waals surface area contributed by atoms with Gasteiger partial charge in [-0.15, -0.1) is 0 Å². The molecule has 0 aromatic heterocycles. The summed E-state index contributed by atoms with van der Waals surface area (Å²) in [6, 6.07) is 5.27. The quantitative estimate of drug-likeness (QED) is 0.883. The number of phenolic OH excluding ortho intramolecular Hbond substituents is 1. The van der Waals surface area contributed by atoms with E-state index in [2.05, 4.69) is 24.2 Å². The standard InChI is InChI=1S/C15H23FN2O/c1-10-8-13(6-7-18(10)3)17-11(2)14-5-4-12(16)9-15(14)19/h4-5,9-11,13,17,19H,6-8H2,1-3H3. The van der Waals surface area contributed by atoms with Crippen molar-refractivity contribution < 1.29 is 9.50 Å². The lowest BCUT2D eigenvalue weighted by molar-refractivity contribution is 0.163. The number of rotatable bonds is 3. The topological polar surface area (TPSA) is 35.5 Å². The molecule has 0 bridgehead atoms. The van der Waals surface area contributed by atoms with Crippen LogP contribution in [0.5, 0.6) is 5.75 Å².